The lowest BCUT2D eigenvalue weighted by molar-refractivity contribution is 0.794. The first kappa shape index (κ1) is 27.7. The Labute approximate surface area is 286 Å². The van der Waals surface area contributed by atoms with Crippen LogP contribution in [-0.4, -0.2) is 9.97 Å². The number of nitrogens with zero attached hydrogens (tertiary/aromatic N) is 2. The van der Waals surface area contributed by atoms with E-state index in [9.17, 15) is 0 Å². The van der Waals surface area contributed by atoms with Crippen molar-refractivity contribution in [1.29, 1.82) is 0 Å². The second-order valence-electron chi connectivity index (χ2n) is 12.9. The lowest BCUT2D eigenvalue weighted by atomic mass is 9.70. The Kier molecular flexibility index (Phi) is 6.13. The highest BCUT2D eigenvalue weighted by Crippen LogP contribution is 2.63. The Bertz CT molecular complexity index is 2430. The Morgan fingerprint density at radius 3 is 1.31 bits per heavy atom. The summed E-state index contributed by atoms with van der Waals surface area (Å²) in [7, 11) is 0. The molecular weight excluding hydrogens is 593 g/mol. The van der Waals surface area contributed by atoms with E-state index in [2.05, 4.69) is 170 Å². The molecule has 0 unspecified atom stereocenters. The summed E-state index contributed by atoms with van der Waals surface area (Å²) in [4.78, 5) is 10.1. The fourth-order valence-corrected chi connectivity index (χ4v) is 8.27. The first-order chi connectivity index (χ1) is 24.3. The van der Waals surface area contributed by atoms with E-state index < -0.39 is 0 Å². The summed E-state index contributed by atoms with van der Waals surface area (Å²) >= 11 is 0. The quantitative estimate of drug-likeness (QED) is 0.195. The Morgan fingerprint density at radius 1 is 0.306 bits per heavy atom. The molecule has 49 heavy (non-hydrogen) atoms. The molecule has 8 aromatic rings. The van der Waals surface area contributed by atoms with E-state index in [1.807, 2.05) is 12.1 Å². The molecule has 1 aromatic heterocycles. The number of fused-ring (bicyclic) bond motifs is 10. The van der Waals surface area contributed by atoms with Crippen molar-refractivity contribution >= 4 is 0 Å². The summed E-state index contributed by atoms with van der Waals surface area (Å²) in [5, 5.41) is 0. The molecular formula is C47H30N2. The van der Waals surface area contributed by atoms with Crippen LogP contribution in [0.2, 0.25) is 0 Å². The predicted octanol–water partition coefficient (Wildman–Crippen LogP) is 11.5. The van der Waals surface area contributed by atoms with Gasteiger partial charge in [-0.2, -0.15) is 0 Å². The van der Waals surface area contributed by atoms with Crippen LogP contribution in [-0.2, 0) is 5.41 Å². The lowest BCUT2D eigenvalue weighted by Gasteiger charge is -2.30. The first-order valence-corrected chi connectivity index (χ1v) is 16.8. The average Bonchev–Trinajstić information content (AvgIpc) is 3.66. The van der Waals surface area contributed by atoms with Crippen molar-refractivity contribution in [3.63, 3.8) is 0 Å². The average molecular weight is 623 g/mol. The zero-order chi connectivity index (χ0) is 32.4. The molecule has 2 heteroatoms. The summed E-state index contributed by atoms with van der Waals surface area (Å²) < 4.78 is 0. The summed E-state index contributed by atoms with van der Waals surface area (Å²) in [6.07, 6.45) is 0. The SMILES string of the molecule is c1ccc(-c2cc(-c3ccccc3)nc(-c3ccc(-c4cccc5c4-c4ccccc4C54c5ccccc5-c5ccccc54)cc3)n2)cc1. The van der Waals surface area contributed by atoms with Gasteiger partial charge in [-0.3, -0.25) is 0 Å². The fourth-order valence-electron chi connectivity index (χ4n) is 8.27. The second-order valence-corrected chi connectivity index (χ2v) is 12.9. The van der Waals surface area contributed by atoms with Gasteiger partial charge in [-0.05, 0) is 61.7 Å². The van der Waals surface area contributed by atoms with E-state index in [0.717, 1.165) is 28.1 Å². The molecule has 0 bridgehead atoms. The smallest absolute Gasteiger partial charge is 0.160 e. The van der Waals surface area contributed by atoms with E-state index in [1.165, 1.54) is 55.6 Å². The minimum absolute atomic E-state index is 0.353. The minimum atomic E-state index is -0.353. The van der Waals surface area contributed by atoms with Gasteiger partial charge in [0.2, 0.25) is 0 Å². The van der Waals surface area contributed by atoms with Gasteiger partial charge in [-0.25, -0.2) is 9.97 Å². The molecule has 10 rings (SSSR count). The van der Waals surface area contributed by atoms with Gasteiger partial charge < -0.3 is 0 Å². The summed E-state index contributed by atoms with van der Waals surface area (Å²) in [6, 6.07) is 65.4. The number of aromatic nitrogens is 2. The number of hydrogen-bond acceptors (Lipinski definition) is 2. The van der Waals surface area contributed by atoms with Gasteiger partial charge >= 0.3 is 0 Å². The maximum Gasteiger partial charge on any atom is 0.160 e. The molecule has 1 heterocycles. The molecule has 0 fully saturated rings. The van der Waals surface area contributed by atoms with Crippen LogP contribution in [0.4, 0.5) is 0 Å². The highest BCUT2D eigenvalue weighted by molar-refractivity contribution is 6.00. The maximum absolute atomic E-state index is 5.07. The Morgan fingerprint density at radius 2 is 0.735 bits per heavy atom. The van der Waals surface area contributed by atoms with Crippen LogP contribution < -0.4 is 0 Å². The van der Waals surface area contributed by atoms with E-state index in [0.29, 0.717) is 5.82 Å². The second kappa shape index (κ2) is 10.8. The van der Waals surface area contributed by atoms with Gasteiger partial charge in [-0.15, -0.1) is 0 Å². The molecule has 2 aliphatic carbocycles. The molecule has 7 aromatic carbocycles. The molecule has 0 N–H and O–H groups in total. The van der Waals surface area contributed by atoms with Crippen molar-refractivity contribution < 1.29 is 0 Å². The third kappa shape index (κ3) is 4.07. The fraction of sp³-hybridized carbons (Fsp3) is 0.0213. The van der Waals surface area contributed by atoms with Gasteiger partial charge in [0.15, 0.2) is 5.82 Å². The van der Waals surface area contributed by atoms with Crippen LogP contribution in [0.15, 0.2) is 182 Å². The minimum Gasteiger partial charge on any atom is -0.228 e. The molecule has 0 saturated heterocycles. The van der Waals surface area contributed by atoms with Gasteiger partial charge in [0.25, 0.3) is 0 Å². The number of benzene rings is 7. The van der Waals surface area contributed by atoms with E-state index in [-0.39, 0.29) is 5.41 Å². The molecule has 2 aliphatic rings. The van der Waals surface area contributed by atoms with E-state index >= 15 is 0 Å². The molecule has 1 spiro atoms. The van der Waals surface area contributed by atoms with Crippen LogP contribution in [0.25, 0.3) is 67.3 Å². The van der Waals surface area contributed by atoms with E-state index in [1.54, 1.807) is 0 Å². The predicted molar refractivity (Wildman–Crippen MR) is 200 cm³/mol. The van der Waals surface area contributed by atoms with Crippen LogP contribution in [0.5, 0.6) is 0 Å². The molecule has 2 nitrogen and oxygen atoms in total. The van der Waals surface area contributed by atoms with Crippen molar-refractivity contribution in [2.45, 2.75) is 5.41 Å². The highest BCUT2D eigenvalue weighted by Gasteiger charge is 2.51. The first-order valence-electron chi connectivity index (χ1n) is 16.8. The van der Waals surface area contributed by atoms with Crippen molar-refractivity contribution in [2.75, 3.05) is 0 Å². The van der Waals surface area contributed by atoms with Crippen LogP contribution in [0, 0.1) is 0 Å². The van der Waals surface area contributed by atoms with Crippen molar-refractivity contribution in [3.8, 4) is 67.3 Å². The topological polar surface area (TPSA) is 25.8 Å². The standard InChI is InChI=1S/C47H30N2/c1-3-14-32(15-4-1)43-30-44(33-16-5-2-6-17-33)49-46(48-43)34-28-26-31(27-29-34)35-21-13-25-42-45(35)38-20-9-12-24-41(38)47(42)39-22-10-7-18-36(39)37-19-8-11-23-40(37)47/h1-30H. The van der Waals surface area contributed by atoms with Crippen molar-refractivity contribution in [1.82, 2.24) is 9.97 Å². The van der Waals surface area contributed by atoms with Crippen LogP contribution in [0.1, 0.15) is 22.3 Å². The molecule has 0 aliphatic heterocycles. The Hall–Kier alpha value is -6.38. The molecule has 0 radical (unpaired) electrons. The van der Waals surface area contributed by atoms with Gasteiger partial charge in [-0.1, -0.05) is 176 Å². The van der Waals surface area contributed by atoms with Gasteiger partial charge in [0.1, 0.15) is 0 Å². The van der Waals surface area contributed by atoms with Crippen LogP contribution in [0.3, 0.4) is 0 Å². The van der Waals surface area contributed by atoms with Gasteiger partial charge in [0, 0.05) is 16.7 Å². The summed E-state index contributed by atoms with van der Waals surface area (Å²) in [6.45, 7) is 0. The van der Waals surface area contributed by atoms with Crippen molar-refractivity contribution in [3.05, 3.63) is 204 Å². The molecule has 228 valence electrons. The van der Waals surface area contributed by atoms with Crippen molar-refractivity contribution in [2.24, 2.45) is 0 Å². The normalized spacial score (nSPS) is 13.1. The Balaban J connectivity index is 1.13. The molecule has 0 atom stereocenters. The van der Waals surface area contributed by atoms with E-state index in [4.69, 9.17) is 9.97 Å². The third-order valence-corrected chi connectivity index (χ3v) is 10.3. The molecule has 0 saturated carbocycles. The maximum atomic E-state index is 5.07. The summed E-state index contributed by atoms with van der Waals surface area (Å²) in [5.74, 6) is 0.716. The lowest BCUT2D eigenvalue weighted by Crippen LogP contribution is -2.25. The molecule has 0 amide bonds. The third-order valence-electron chi connectivity index (χ3n) is 10.3. The largest absolute Gasteiger partial charge is 0.228 e. The number of rotatable bonds is 4. The monoisotopic (exact) mass is 622 g/mol. The summed E-state index contributed by atoms with van der Waals surface area (Å²) in [5.41, 5.74) is 17.7. The zero-order valence-corrected chi connectivity index (χ0v) is 26.7. The zero-order valence-electron chi connectivity index (χ0n) is 26.7. The highest BCUT2D eigenvalue weighted by atomic mass is 14.9. The van der Waals surface area contributed by atoms with Gasteiger partial charge in [0.05, 0.1) is 16.8 Å². The van der Waals surface area contributed by atoms with Crippen LogP contribution >= 0.6 is 0 Å². The number of hydrogen-bond donors (Lipinski definition) is 0.